The second kappa shape index (κ2) is 19.4. The fraction of sp³-hybridized carbons (Fsp3) is 0.333. The first-order valence-electron chi connectivity index (χ1n) is 20.4. The van der Waals surface area contributed by atoms with Gasteiger partial charge in [-0.3, -0.25) is 14.4 Å². The summed E-state index contributed by atoms with van der Waals surface area (Å²) in [6.45, 7) is 5.95. The Morgan fingerprint density at radius 3 is 2.13 bits per heavy atom. The number of hydrogen-bond acceptors (Lipinski definition) is 9. The second-order valence-corrected chi connectivity index (χ2v) is 15.5. The molecule has 1 aliphatic carbocycles. The number of carbonyl (C=O) groups excluding carboxylic acids is 4. The minimum atomic E-state index is -1.28. The Morgan fingerprint density at radius 1 is 0.836 bits per heavy atom. The maximum absolute atomic E-state index is 14.0. The van der Waals surface area contributed by atoms with Crippen molar-refractivity contribution in [3.8, 4) is 11.1 Å². The number of nitrogens with zero attached hydrogens (tertiary/aromatic N) is 1. The van der Waals surface area contributed by atoms with E-state index in [1.165, 1.54) is 24.1 Å². The minimum Gasteiger partial charge on any atom is -0.458 e. The van der Waals surface area contributed by atoms with E-state index in [0.29, 0.717) is 25.9 Å². The standard InChI is InChI=1S/C48H50FN3O9/c1-29-45(58-31(3)53)46(59-32(4)54)43(26-49)60-47(29)61-51-44(55)19-11-12-33-20-22-34(23-21-33)27-52(25-24-35-30(2)50-42-18-10-9-17-40(35)42)48(56)57-28-41-38-15-7-5-13-36(38)37-14-6-8-16-39(37)41/h5-11,13-23,29,41,43,45-47,50H,12,24-28H2,1-4H3,(H,51,55)/b19-11+/t29-,43-,45-,46+,47+/m1/s1. The molecule has 1 aromatic heterocycles. The lowest BCUT2D eigenvalue weighted by Gasteiger charge is -2.42. The molecular formula is C48H50FN3O9. The molecule has 2 amide bonds. The number of alkyl halides is 1. The fourth-order valence-electron chi connectivity index (χ4n) is 8.28. The molecule has 2 heterocycles. The number of allylic oxidation sites excluding steroid dienone is 1. The van der Waals surface area contributed by atoms with Crippen LogP contribution in [0.15, 0.2) is 109 Å². The number of aromatic amines is 1. The van der Waals surface area contributed by atoms with Gasteiger partial charge in [-0.2, -0.15) is 0 Å². The van der Waals surface area contributed by atoms with E-state index in [1.54, 1.807) is 17.9 Å². The molecule has 2 N–H and O–H groups in total. The Morgan fingerprint density at radius 2 is 1.46 bits per heavy atom. The van der Waals surface area contributed by atoms with Crippen LogP contribution in [0.1, 0.15) is 60.2 Å². The highest BCUT2D eigenvalue weighted by molar-refractivity contribution is 5.86. The molecule has 7 rings (SSSR count). The smallest absolute Gasteiger partial charge is 0.410 e. The van der Waals surface area contributed by atoms with E-state index in [9.17, 15) is 23.6 Å². The summed E-state index contributed by atoms with van der Waals surface area (Å²) in [5, 5.41) is 1.13. The summed E-state index contributed by atoms with van der Waals surface area (Å²) < 4.78 is 36.2. The number of carbonyl (C=O) groups is 4. The van der Waals surface area contributed by atoms with Crippen molar-refractivity contribution in [2.45, 2.75) is 77.6 Å². The molecule has 318 valence electrons. The van der Waals surface area contributed by atoms with Crippen molar-refractivity contribution in [1.29, 1.82) is 0 Å². The van der Waals surface area contributed by atoms with E-state index in [0.717, 1.165) is 51.3 Å². The van der Waals surface area contributed by atoms with E-state index in [4.69, 9.17) is 23.8 Å². The third kappa shape index (κ3) is 10.0. The molecule has 61 heavy (non-hydrogen) atoms. The first kappa shape index (κ1) is 42.8. The van der Waals surface area contributed by atoms with Crippen LogP contribution >= 0.6 is 0 Å². The van der Waals surface area contributed by atoms with Crippen LogP contribution in [0, 0.1) is 12.8 Å². The summed E-state index contributed by atoms with van der Waals surface area (Å²) in [7, 11) is 0. The zero-order chi connectivity index (χ0) is 43.0. The molecule has 12 nitrogen and oxygen atoms in total. The van der Waals surface area contributed by atoms with Crippen molar-refractivity contribution < 1.29 is 47.4 Å². The number of amides is 2. The van der Waals surface area contributed by atoms with Gasteiger partial charge in [0.15, 0.2) is 12.4 Å². The second-order valence-electron chi connectivity index (χ2n) is 15.5. The number of fused-ring (bicyclic) bond motifs is 4. The highest BCUT2D eigenvalue weighted by atomic mass is 19.1. The molecule has 0 unspecified atom stereocenters. The summed E-state index contributed by atoms with van der Waals surface area (Å²) in [5.74, 6) is -2.73. The number of hydrogen-bond donors (Lipinski definition) is 2. The molecule has 0 bridgehead atoms. The Labute approximate surface area is 353 Å². The Bertz CT molecular complexity index is 2350. The van der Waals surface area contributed by atoms with Gasteiger partial charge in [-0.15, -0.1) is 0 Å². The van der Waals surface area contributed by atoms with Gasteiger partial charge in [0.1, 0.15) is 25.5 Å². The van der Waals surface area contributed by atoms with Crippen LogP contribution in [0.4, 0.5) is 9.18 Å². The summed E-state index contributed by atoms with van der Waals surface area (Å²) >= 11 is 0. The molecule has 1 aliphatic heterocycles. The molecule has 0 spiro atoms. The van der Waals surface area contributed by atoms with Crippen LogP contribution in [0.3, 0.4) is 0 Å². The third-order valence-corrected chi connectivity index (χ3v) is 11.3. The summed E-state index contributed by atoms with van der Waals surface area (Å²) in [4.78, 5) is 60.8. The molecule has 1 saturated heterocycles. The summed E-state index contributed by atoms with van der Waals surface area (Å²) in [6.07, 6.45) is -1.10. The predicted octanol–water partition coefficient (Wildman–Crippen LogP) is 7.81. The molecule has 1 fully saturated rings. The van der Waals surface area contributed by atoms with Gasteiger partial charge in [-0.1, -0.05) is 104 Å². The number of aromatic nitrogens is 1. The lowest BCUT2D eigenvalue weighted by Crippen LogP contribution is -2.58. The van der Waals surface area contributed by atoms with Crippen molar-refractivity contribution in [3.63, 3.8) is 0 Å². The monoisotopic (exact) mass is 831 g/mol. The number of ether oxygens (including phenoxy) is 4. The number of benzene rings is 4. The van der Waals surface area contributed by atoms with Gasteiger partial charge >= 0.3 is 18.0 Å². The molecule has 13 heteroatoms. The van der Waals surface area contributed by atoms with Gasteiger partial charge in [0, 0.05) is 55.5 Å². The van der Waals surface area contributed by atoms with Gasteiger partial charge in [0.25, 0.3) is 5.91 Å². The maximum atomic E-state index is 14.0. The highest BCUT2D eigenvalue weighted by Crippen LogP contribution is 2.44. The number of nitrogens with one attached hydrogen (secondary N) is 2. The molecule has 5 atom stereocenters. The van der Waals surface area contributed by atoms with Gasteiger partial charge in [0.2, 0.25) is 0 Å². The molecule has 4 aromatic carbocycles. The number of halogens is 1. The van der Waals surface area contributed by atoms with Gasteiger partial charge < -0.3 is 28.8 Å². The number of aryl methyl sites for hydroxylation is 1. The normalized spacial score (nSPS) is 19.6. The molecule has 0 saturated carbocycles. The SMILES string of the molecule is CC(=O)O[C@@H]1[C@@H](C)[C@H](ONC(=O)/C=C/Cc2ccc(CN(CCc3c(C)[nH]c4ccccc34)C(=O)OCC3c4ccccc4-c4ccccc43)cc2)O[C@H](CF)[C@@H]1OC(C)=O. The summed E-state index contributed by atoms with van der Waals surface area (Å²) in [6, 6.07) is 32.5. The van der Waals surface area contributed by atoms with Crippen LogP contribution < -0.4 is 5.48 Å². The molecule has 5 aromatic rings. The first-order valence-corrected chi connectivity index (χ1v) is 20.4. The van der Waals surface area contributed by atoms with E-state index in [-0.39, 0.29) is 18.6 Å². The van der Waals surface area contributed by atoms with Crippen molar-refractivity contribution in [2.24, 2.45) is 5.92 Å². The first-order chi connectivity index (χ1) is 29.5. The quantitative estimate of drug-likeness (QED) is 0.0467. The average Bonchev–Trinajstić information content (AvgIpc) is 3.75. The Balaban J connectivity index is 0.973. The Kier molecular flexibility index (Phi) is 13.6. The van der Waals surface area contributed by atoms with Crippen LogP contribution in [-0.4, -0.2) is 78.3 Å². The number of H-pyrrole nitrogens is 1. The van der Waals surface area contributed by atoms with E-state index in [1.807, 2.05) is 60.7 Å². The topological polar surface area (TPSA) is 145 Å². The van der Waals surface area contributed by atoms with Crippen LogP contribution in [0.2, 0.25) is 0 Å². The summed E-state index contributed by atoms with van der Waals surface area (Å²) in [5.41, 5.74) is 12.0. The maximum Gasteiger partial charge on any atom is 0.410 e. The zero-order valence-corrected chi connectivity index (χ0v) is 34.6. The van der Waals surface area contributed by atoms with Gasteiger partial charge in [-0.05, 0) is 64.8 Å². The van der Waals surface area contributed by atoms with Crippen molar-refractivity contribution in [2.75, 3.05) is 19.8 Å². The third-order valence-electron chi connectivity index (χ3n) is 11.3. The molecule has 2 aliphatic rings. The number of rotatable bonds is 15. The van der Waals surface area contributed by atoms with Crippen molar-refractivity contribution in [3.05, 3.63) is 143 Å². The molecular weight excluding hydrogens is 782 g/mol. The number of hydroxylamine groups is 1. The van der Waals surface area contributed by atoms with Crippen molar-refractivity contribution >= 4 is 34.8 Å². The fourth-order valence-corrected chi connectivity index (χ4v) is 8.28. The van der Waals surface area contributed by atoms with Crippen LogP contribution in [0.25, 0.3) is 22.0 Å². The zero-order valence-electron chi connectivity index (χ0n) is 34.6. The van der Waals surface area contributed by atoms with E-state index >= 15 is 0 Å². The van der Waals surface area contributed by atoms with Crippen molar-refractivity contribution in [1.82, 2.24) is 15.4 Å². The lowest BCUT2D eigenvalue weighted by atomic mass is 9.92. The minimum absolute atomic E-state index is 0.0610. The highest BCUT2D eigenvalue weighted by Gasteiger charge is 2.49. The predicted molar refractivity (Wildman–Crippen MR) is 226 cm³/mol. The van der Waals surface area contributed by atoms with Crippen LogP contribution in [0.5, 0.6) is 0 Å². The average molecular weight is 832 g/mol. The lowest BCUT2D eigenvalue weighted by molar-refractivity contribution is -0.297. The van der Waals surface area contributed by atoms with Gasteiger partial charge in [-0.25, -0.2) is 19.5 Å². The van der Waals surface area contributed by atoms with Gasteiger partial charge in [0.05, 0.1) is 5.92 Å². The largest absolute Gasteiger partial charge is 0.458 e. The Hall–Kier alpha value is -6.31. The number of esters is 2. The number of para-hydroxylation sites is 1. The molecule has 0 radical (unpaired) electrons. The van der Waals surface area contributed by atoms with Crippen LogP contribution in [-0.2, 0) is 57.6 Å². The van der Waals surface area contributed by atoms with E-state index in [2.05, 4.69) is 53.8 Å². The van der Waals surface area contributed by atoms with E-state index < -0.39 is 55.0 Å².